The summed E-state index contributed by atoms with van der Waals surface area (Å²) >= 11 is 0. The second kappa shape index (κ2) is 6.56. The summed E-state index contributed by atoms with van der Waals surface area (Å²) in [5, 5.41) is 0. The van der Waals surface area contributed by atoms with Gasteiger partial charge in [0.05, 0.1) is 7.11 Å². The second-order valence-corrected chi connectivity index (χ2v) is 5.56. The number of carbonyl (C=O) groups is 2. The van der Waals surface area contributed by atoms with Gasteiger partial charge in [-0.25, -0.2) is 9.18 Å². The Morgan fingerprint density at radius 1 is 1.38 bits per heavy atom. The van der Waals surface area contributed by atoms with Gasteiger partial charge >= 0.3 is 6.09 Å². The molecule has 1 unspecified atom stereocenters. The van der Waals surface area contributed by atoms with Crippen LogP contribution in [0.25, 0.3) is 0 Å². The van der Waals surface area contributed by atoms with Crippen LogP contribution in [0.3, 0.4) is 0 Å². The summed E-state index contributed by atoms with van der Waals surface area (Å²) in [6.07, 6.45) is -0.132. The van der Waals surface area contributed by atoms with Crippen molar-refractivity contribution in [1.29, 1.82) is 0 Å². The zero-order valence-electron chi connectivity index (χ0n) is 12.8. The molecule has 0 aliphatic heterocycles. The van der Waals surface area contributed by atoms with Gasteiger partial charge in [0.15, 0.2) is 0 Å². The van der Waals surface area contributed by atoms with Gasteiger partial charge in [0.2, 0.25) is 0 Å². The third-order valence-corrected chi connectivity index (χ3v) is 2.74. The summed E-state index contributed by atoms with van der Waals surface area (Å²) in [4.78, 5) is 24.5. The molecule has 0 aromatic heterocycles. The SMILES string of the molecule is COc1ccc(F)cc1C(C=O)N(C)C(=O)OC(C)(C)C. The number of benzene rings is 1. The summed E-state index contributed by atoms with van der Waals surface area (Å²) in [6, 6.07) is 2.80. The molecule has 0 radical (unpaired) electrons. The van der Waals surface area contributed by atoms with Crippen LogP contribution >= 0.6 is 0 Å². The van der Waals surface area contributed by atoms with Crippen molar-refractivity contribution in [3.8, 4) is 5.75 Å². The third-order valence-electron chi connectivity index (χ3n) is 2.74. The molecule has 1 amide bonds. The van der Waals surface area contributed by atoms with Crippen molar-refractivity contribution in [1.82, 2.24) is 4.90 Å². The maximum Gasteiger partial charge on any atom is 0.410 e. The smallest absolute Gasteiger partial charge is 0.410 e. The van der Waals surface area contributed by atoms with E-state index in [-0.39, 0.29) is 5.56 Å². The number of ether oxygens (including phenoxy) is 2. The molecule has 1 atom stereocenters. The fourth-order valence-corrected chi connectivity index (χ4v) is 1.76. The third kappa shape index (κ3) is 4.44. The molecular formula is C15H20FNO4. The molecule has 0 heterocycles. The molecule has 0 fully saturated rings. The Kier molecular flexibility index (Phi) is 5.29. The molecule has 21 heavy (non-hydrogen) atoms. The number of aldehydes is 1. The van der Waals surface area contributed by atoms with E-state index in [1.807, 2.05) is 0 Å². The van der Waals surface area contributed by atoms with Gasteiger partial charge in [-0.05, 0) is 39.0 Å². The maximum absolute atomic E-state index is 13.4. The van der Waals surface area contributed by atoms with E-state index in [0.29, 0.717) is 12.0 Å². The number of rotatable bonds is 4. The average Bonchev–Trinajstić information content (AvgIpc) is 2.37. The van der Waals surface area contributed by atoms with Crippen molar-refractivity contribution in [2.75, 3.05) is 14.2 Å². The summed E-state index contributed by atoms with van der Waals surface area (Å²) in [5.41, 5.74) is -0.425. The molecule has 0 N–H and O–H groups in total. The molecule has 1 rings (SSSR count). The van der Waals surface area contributed by atoms with Crippen LogP contribution in [0.2, 0.25) is 0 Å². The number of nitrogens with zero attached hydrogens (tertiary/aromatic N) is 1. The van der Waals surface area contributed by atoms with Crippen LogP contribution in [-0.4, -0.2) is 37.0 Å². The first-order valence-corrected chi connectivity index (χ1v) is 6.44. The maximum atomic E-state index is 13.4. The quantitative estimate of drug-likeness (QED) is 0.802. The van der Waals surface area contributed by atoms with Gasteiger partial charge in [0.1, 0.15) is 29.5 Å². The van der Waals surface area contributed by atoms with Crippen LogP contribution in [-0.2, 0) is 9.53 Å². The summed E-state index contributed by atoms with van der Waals surface area (Å²) < 4.78 is 23.7. The summed E-state index contributed by atoms with van der Waals surface area (Å²) in [6.45, 7) is 5.16. The molecule has 116 valence electrons. The van der Waals surface area contributed by atoms with Crippen LogP contribution in [0.4, 0.5) is 9.18 Å². The van der Waals surface area contributed by atoms with E-state index in [1.54, 1.807) is 20.8 Å². The van der Waals surface area contributed by atoms with Crippen molar-refractivity contribution in [2.45, 2.75) is 32.4 Å². The largest absolute Gasteiger partial charge is 0.496 e. The van der Waals surface area contributed by atoms with Gasteiger partial charge in [0, 0.05) is 12.6 Å². The lowest BCUT2D eigenvalue weighted by molar-refractivity contribution is -0.112. The molecule has 1 aromatic rings. The molecule has 0 spiro atoms. The first-order valence-electron chi connectivity index (χ1n) is 6.44. The first kappa shape index (κ1) is 16.9. The molecule has 0 saturated carbocycles. The fourth-order valence-electron chi connectivity index (χ4n) is 1.76. The fraction of sp³-hybridized carbons (Fsp3) is 0.467. The van der Waals surface area contributed by atoms with Crippen LogP contribution in [0, 0.1) is 5.82 Å². The number of halogens is 1. The average molecular weight is 297 g/mol. The molecular weight excluding hydrogens is 277 g/mol. The van der Waals surface area contributed by atoms with Gasteiger partial charge in [-0.3, -0.25) is 4.90 Å². The minimum atomic E-state index is -0.995. The summed E-state index contributed by atoms with van der Waals surface area (Å²) in [7, 11) is 2.82. The Morgan fingerprint density at radius 2 is 2.00 bits per heavy atom. The van der Waals surface area contributed by atoms with E-state index in [1.165, 1.54) is 32.4 Å². The van der Waals surface area contributed by atoms with Crippen LogP contribution < -0.4 is 4.74 Å². The van der Waals surface area contributed by atoms with Crippen molar-refractivity contribution < 1.29 is 23.5 Å². The predicted molar refractivity (Wildman–Crippen MR) is 75.8 cm³/mol. The molecule has 6 heteroatoms. The topological polar surface area (TPSA) is 55.8 Å². The number of carbonyl (C=O) groups excluding carboxylic acids is 2. The molecule has 0 aliphatic carbocycles. The standard InChI is InChI=1S/C15H20FNO4/c1-15(2,3)21-14(19)17(4)12(9-18)11-8-10(16)6-7-13(11)20-5/h6-9,12H,1-5H3. The van der Waals surface area contributed by atoms with Crippen molar-refractivity contribution in [3.05, 3.63) is 29.6 Å². The van der Waals surface area contributed by atoms with E-state index in [2.05, 4.69) is 0 Å². The molecule has 0 saturated heterocycles. The predicted octanol–water partition coefficient (Wildman–Crippen LogP) is 2.94. The number of amides is 1. The van der Waals surface area contributed by atoms with E-state index in [4.69, 9.17) is 9.47 Å². The van der Waals surface area contributed by atoms with Crippen molar-refractivity contribution >= 4 is 12.4 Å². The zero-order valence-corrected chi connectivity index (χ0v) is 12.8. The zero-order chi connectivity index (χ0) is 16.2. The number of likely N-dealkylation sites (N-methyl/N-ethyl adjacent to an activating group) is 1. The Labute approximate surface area is 123 Å². The van der Waals surface area contributed by atoms with Gasteiger partial charge < -0.3 is 14.3 Å². The Morgan fingerprint density at radius 3 is 2.48 bits per heavy atom. The van der Waals surface area contributed by atoms with Crippen LogP contribution in [0.5, 0.6) is 5.75 Å². The minimum absolute atomic E-state index is 0.265. The lowest BCUT2D eigenvalue weighted by atomic mass is 10.1. The van der Waals surface area contributed by atoms with Crippen molar-refractivity contribution in [3.63, 3.8) is 0 Å². The molecule has 0 bridgehead atoms. The van der Waals surface area contributed by atoms with E-state index < -0.39 is 23.6 Å². The van der Waals surface area contributed by atoms with Crippen LogP contribution in [0.15, 0.2) is 18.2 Å². The van der Waals surface area contributed by atoms with E-state index in [9.17, 15) is 14.0 Å². The van der Waals surface area contributed by atoms with Crippen molar-refractivity contribution in [2.24, 2.45) is 0 Å². The molecule has 0 aliphatic rings. The Balaban J connectivity index is 3.10. The highest BCUT2D eigenvalue weighted by Crippen LogP contribution is 2.29. The lowest BCUT2D eigenvalue weighted by Gasteiger charge is -2.28. The molecule has 5 nitrogen and oxygen atoms in total. The van der Waals surface area contributed by atoms with E-state index in [0.717, 1.165) is 4.90 Å². The van der Waals surface area contributed by atoms with Crippen LogP contribution in [0.1, 0.15) is 32.4 Å². The number of hydrogen-bond donors (Lipinski definition) is 0. The highest BCUT2D eigenvalue weighted by Gasteiger charge is 2.28. The van der Waals surface area contributed by atoms with E-state index >= 15 is 0 Å². The molecule has 1 aromatic carbocycles. The van der Waals surface area contributed by atoms with Gasteiger partial charge in [-0.15, -0.1) is 0 Å². The number of methoxy groups -OCH3 is 1. The number of hydrogen-bond acceptors (Lipinski definition) is 4. The minimum Gasteiger partial charge on any atom is -0.496 e. The highest BCUT2D eigenvalue weighted by molar-refractivity contribution is 5.75. The van der Waals surface area contributed by atoms with Gasteiger partial charge in [-0.2, -0.15) is 0 Å². The lowest BCUT2D eigenvalue weighted by Crippen LogP contribution is -2.37. The monoisotopic (exact) mass is 297 g/mol. The highest BCUT2D eigenvalue weighted by atomic mass is 19.1. The Hall–Kier alpha value is -2.11. The van der Waals surface area contributed by atoms with Gasteiger partial charge in [0.25, 0.3) is 0 Å². The first-order chi connectivity index (χ1) is 9.69. The second-order valence-electron chi connectivity index (χ2n) is 5.56. The summed E-state index contributed by atoms with van der Waals surface area (Å²) in [5.74, 6) is -0.195. The Bertz CT molecular complexity index is 525. The van der Waals surface area contributed by atoms with Gasteiger partial charge in [-0.1, -0.05) is 0 Å². The normalized spacial score (nSPS) is 12.5.